The Bertz CT molecular complexity index is 662. The lowest BCUT2D eigenvalue weighted by atomic mass is 10.1. The van der Waals surface area contributed by atoms with Gasteiger partial charge in [0.15, 0.2) is 0 Å². The van der Waals surface area contributed by atoms with Crippen LogP contribution in [0.15, 0.2) is 59.3 Å². The molecule has 0 bridgehead atoms. The summed E-state index contributed by atoms with van der Waals surface area (Å²) in [5, 5.41) is 17.7. The number of aromatic hydroxyl groups is 1. The van der Waals surface area contributed by atoms with Crippen molar-refractivity contribution in [2.45, 2.75) is 19.0 Å². The van der Waals surface area contributed by atoms with Crippen LogP contribution in [0.25, 0.3) is 0 Å². The first-order valence-corrected chi connectivity index (χ1v) is 8.65. The molecule has 3 rings (SSSR count). The minimum atomic E-state index is 0.281. The van der Waals surface area contributed by atoms with Gasteiger partial charge in [-0.1, -0.05) is 30.3 Å². The zero-order valence-corrected chi connectivity index (χ0v) is 13.2. The lowest BCUT2D eigenvalue weighted by molar-refractivity contribution is 0.458. The molecule has 0 aliphatic heterocycles. The van der Waals surface area contributed by atoms with Gasteiger partial charge in [0.25, 0.3) is 0 Å². The van der Waals surface area contributed by atoms with E-state index in [9.17, 15) is 5.11 Å². The first kappa shape index (κ1) is 14.3. The third-order valence-electron chi connectivity index (χ3n) is 3.40. The van der Waals surface area contributed by atoms with E-state index in [-0.39, 0.29) is 6.04 Å². The number of para-hydroxylation sites is 1. The zero-order valence-electron chi connectivity index (χ0n) is 11.5. The second kappa shape index (κ2) is 6.89. The average Bonchev–Trinajstić information content (AvgIpc) is 3.18. The van der Waals surface area contributed by atoms with E-state index in [1.807, 2.05) is 18.2 Å². The van der Waals surface area contributed by atoms with Crippen LogP contribution in [-0.4, -0.2) is 5.11 Å². The molecule has 2 heterocycles. The molecule has 2 nitrogen and oxygen atoms in total. The molecule has 21 heavy (non-hydrogen) atoms. The summed E-state index contributed by atoms with van der Waals surface area (Å²) in [7, 11) is 0. The van der Waals surface area contributed by atoms with Crippen molar-refractivity contribution in [1.82, 2.24) is 5.32 Å². The van der Waals surface area contributed by atoms with E-state index in [4.69, 9.17) is 0 Å². The van der Waals surface area contributed by atoms with E-state index < -0.39 is 0 Å². The fraction of sp³-hybridized carbons (Fsp3) is 0.176. The summed E-state index contributed by atoms with van der Waals surface area (Å²) in [4.78, 5) is 2.71. The highest BCUT2D eigenvalue weighted by atomic mass is 32.1. The zero-order chi connectivity index (χ0) is 14.5. The van der Waals surface area contributed by atoms with Crippen LogP contribution < -0.4 is 5.32 Å². The van der Waals surface area contributed by atoms with Gasteiger partial charge in [-0.3, -0.25) is 0 Å². The SMILES string of the molecule is Oc1ccccc1CNC(Cc1cccs1)c1cccs1. The van der Waals surface area contributed by atoms with Gasteiger partial charge in [-0.25, -0.2) is 0 Å². The van der Waals surface area contributed by atoms with E-state index in [0.717, 1.165) is 12.0 Å². The number of hydrogen-bond acceptors (Lipinski definition) is 4. The number of rotatable bonds is 6. The van der Waals surface area contributed by atoms with Crippen molar-refractivity contribution in [3.63, 3.8) is 0 Å². The van der Waals surface area contributed by atoms with Gasteiger partial charge >= 0.3 is 0 Å². The summed E-state index contributed by atoms with van der Waals surface area (Å²) in [5.74, 6) is 0.353. The molecule has 1 unspecified atom stereocenters. The smallest absolute Gasteiger partial charge is 0.120 e. The number of hydrogen-bond donors (Lipinski definition) is 2. The minimum absolute atomic E-state index is 0.281. The number of thiophene rings is 2. The maximum atomic E-state index is 9.88. The van der Waals surface area contributed by atoms with Gasteiger partial charge in [-0.2, -0.15) is 0 Å². The molecule has 1 aromatic carbocycles. The van der Waals surface area contributed by atoms with E-state index in [1.165, 1.54) is 9.75 Å². The van der Waals surface area contributed by atoms with Crippen molar-refractivity contribution in [2.24, 2.45) is 0 Å². The molecule has 0 aliphatic rings. The molecule has 2 N–H and O–H groups in total. The molecular weight excluding hydrogens is 298 g/mol. The lowest BCUT2D eigenvalue weighted by Gasteiger charge is -2.17. The molecule has 2 aromatic heterocycles. The van der Waals surface area contributed by atoms with Crippen molar-refractivity contribution in [1.29, 1.82) is 0 Å². The minimum Gasteiger partial charge on any atom is -0.508 e. The van der Waals surface area contributed by atoms with Crippen molar-refractivity contribution in [3.05, 3.63) is 74.6 Å². The molecule has 0 amide bonds. The standard InChI is InChI=1S/C17H17NOS2/c19-16-7-2-1-5-13(16)12-18-15(17-8-4-10-21-17)11-14-6-3-9-20-14/h1-10,15,18-19H,11-12H2. The quantitative estimate of drug-likeness (QED) is 0.697. The fourth-order valence-corrected chi connectivity index (χ4v) is 3.84. The fourth-order valence-electron chi connectivity index (χ4n) is 2.29. The third-order valence-corrected chi connectivity index (χ3v) is 5.29. The number of benzene rings is 1. The van der Waals surface area contributed by atoms with E-state index in [1.54, 1.807) is 28.7 Å². The van der Waals surface area contributed by atoms with Crippen LogP contribution in [0.5, 0.6) is 5.75 Å². The molecule has 0 saturated heterocycles. The van der Waals surface area contributed by atoms with Crippen molar-refractivity contribution < 1.29 is 5.11 Å². The van der Waals surface area contributed by atoms with E-state index >= 15 is 0 Å². The highest BCUT2D eigenvalue weighted by Gasteiger charge is 2.14. The normalized spacial score (nSPS) is 12.4. The van der Waals surface area contributed by atoms with Gasteiger partial charge in [0.1, 0.15) is 5.75 Å². The van der Waals surface area contributed by atoms with Crippen molar-refractivity contribution >= 4 is 22.7 Å². The van der Waals surface area contributed by atoms with Gasteiger partial charge in [0.05, 0.1) is 0 Å². The largest absolute Gasteiger partial charge is 0.508 e. The van der Waals surface area contributed by atoms with Gasteiger partial charge in [0, 0.05) is 34.3 Å². The molecule has 0 radical (unpaired) electrons. The maximum absolute atomic E-state index is 9.88. The van der Waals surface area contributed by atoms with Crippen LogP contribution >= 0.6 is 22.7 Å². The first-order chi connectivity index (χ1) is 10.3. The van der Waals surface area contributed by atoms with Crippen LogP contribution in [-0.2, 0) is 13.0 Å². The highest BCUT2D eigenvalue weighted by molar-refractivity contribution is 7.10. The molecule has 4 heteroatoms. The predicted molar refractivity (Wildman–Crippen MR) is 90.0 cm³/mol. The van der Waals surface area contributed by atoms with Crippen LogP contribution in [0.1, 0.15) is 21.4 Å². The highest BCUT2D eigenvalue weighted by Crippen LogP contribution is 2.26. The number of nitrogens with one attached hydrogen (secondary N) is 1. The topological polar surface area (TPSA) is 32.3 Å². The van der Waals surface area contributed by atoms with Crippen molar-refractivity contribution in [2.75, 3.05) is 0 Å². The summed E-state index contributed by atoms with van der Waals surface area (Å²) < 4.78 is 0. The third kappa shape index (κ3) is 3.73. The second-order valence-electron chi connectivity index (χ2n) is 4.86. The summed E-state index contributed by atoms with van der Waals surface area (Å²) in [6.07, 6.45) is 0.978. The van der Waals surface area contributed by atoms with Crippen molar-refractivity contribution in [3.8, 4) is 5.75 Å². The van der Waals surface area contributed by atoms with Gasteiger partial charge < -0.3 is 10.4 Å². The number of phenols is 1. The Labute approximate surface area is 132 Å². The lowest BCUT2D eigenvalue weighted by Crippen LogP contribution is -2.21. The Balaban J connectivity index is 1.72. The molecule has 108 valence electrons. The van der Waals surface area contributed by atoms with Crippen LogP contribution in [0.3, 0.4) is 0 Å². The van der Waals surface area contributed by atoms with Crippen LogP contribution in [0, 0.1) is 0 Å². The Morgan fingerprint density at radius 3 is 2.48 bits per heavy atom. The summed E-state index contributed by atoms with van der Waals surface area (Å²) in [6, 6.07) is 16.3. The van der Waals surface area contributed by atoms with Gasteiger partial charge in [0.2, 0.25) is 0 Å². The Hall–Kier alpha value is -1.62. The summed E-state index contributed by atoms with van der Waals surface area (Å²) >= 11 is 3.56. The monoisotopic (exact) mass is 315 g/mol. The Morgan fingerprint density at radius 2 is 1.76 bits per heavy atom. The summed E-state index contributed by atoms with van der Waals surface area (Å²) in [5.41, 5.74) is 0.935. The maximum Gasteiger partial charge on any atom is 0.120 e. The van der Waals surface area contributed by atoms with E-state index in [0.29, 0.717) is 12.3 Å². The van der Waals surface area contributed by atoms with Gasteiger partial charge in [-0.15, -0.1) is 22.7 Å². The molecule has 0 spiro atoms. The Kier molecular flexibility index (Phi) is 4.70. The Morgan fingerprint density at radius 1 is 0.952 bits per heavy atom. The molecular formula is C17H17NOS2. The first-order valence-electron chi connectivity index (χ1n) is 6.89. The van der Waals surface area contributed by atoms with Crippen LogP contribution in [0.4, 0.5) is 0 Å². The molecule has 3 aromatic rings. The summed E-state index contributed by atoms with van der Waals surface area (Å²) in [6.45, 7) is 0.667. The van der Waals surface area contributed by atoms with E-state index in [2.05, 4.69) is 40.3 Å². The van der Waals surface area contributed by atoms with Crippen LogP contribution in [0.2, 0.25) is 0 Å². The second-order valence-corrected chi connectivity index (χ2v) is 6.87. The average molecular weight is 315 g/mol. The molecule has 0 saturated carbocycles. The molecule has 0 fully saturated rings. The molecule has 1 atom stereocenters. The molecule has 0 aliphatic carbocycles. The van der Waals surface area contributed by atoms with Gasteiger partial charge in [-0.05, 0) is 29.0 Å². The number of phenolic OH excluding ortho intramolecular Hbond substituents is 1. The predicted octanol–water partition coefficient (Wildman–Crippen LogP) is 4.59.